The Kier molecular flexibility index (Phi) is 10.1. The van der Waals surface area contributed by atoms with Gasteiger partial charge in [-0.05, 0) is 77.5 Å². The Bertz CT molecular complexity index is 1240. The minimum absolute atomic E-state index is 0.258. The monoisotopic (exact) mass is 524 g/mol. The van der Waals surface area contributed by atoms with Gasteiger partial charge in [-0.25, -0.2) is 0 Å². The predicted molar refractivity (Wildman–Crippen MR) is 144 cm³/mol. The highest BCUT2D eigenvalue weighted by Crippen LogP contribution is 2.41. The third-order valence-electron chi connectivity index (χ3n) is 5.22. The van der Waals surface area contributed by atoms with Gasteiger partial charge in [0.1, 0.15) is 0 Å². The molecule has 4 rings (SSSR count). The number of nitrogens with zero attached hydrogens (tertiary/aromatic N) is 6. The summed E-state index contributed by atoms with van der Waals surface area (Å²) in [4.78, 5) is 11.8. The molecule has 0 fully saturated rings. The number of benzene rings is 1. The van der Waals surface area contributed by atoms with Gasteiger partial charge in [-0.1, -0.05) is 60.0 Å². The molecular weight excluding hydrogens is 499 g/mol. The fourth-order valence-corrected chi connectivity index (χ4v) is 5.70. The molecule has 4 aromatic rings. The maximum absolute atomic E-state index is 8.87. The van der Waals surface area contributed by atoms with Crippen LogP contribution in [-0.2, 0) is 13.1 Å². The van der Waals surface area contributed by atoms with Crippen LogP contribution in [0.1, 0.15) is 42.1 Å². The standard InChI is InChI=1S/C21H21Cl2N5S.C5H5N/c1-13(2)20-19(11-26-27-24)14(3)28(12-15-4-6-25-7-5-15)21(20)29-18-9-16(22)8-17(23)10-18;1-2-4-6-5-3-1/h4-10,13H,11-12H2,1-3H3;1-5H. The normalized spacial score (nSPS) is 10.5. The van der Waals surface area contributed by atoms with Gasteiger partial charge in [0.2, 0.25) is 0 Å². The lowest BCUT2D eigenvalue weighted by atomic mass is 10.0. The first-order valence-corrected chi connectivity index (χ1v) is 12.6. The molecule has 180 valence electrons. The Morgan fingerprint density at radius 1 is 1.00 bits per heavy atom. The van der Waals surface area contributed by atoms with E-state index in [0.29, 0.717) is 23.1 Å². The van der Waals surface area contributed by atoms with Crippen LogP contribution >= 0.6 is 35.0 Å². The molecule has 0 saturated carbocycles. The van der Waals surface area contributed by atoms with Crippen molar-refractivity contribution in [3.63, 3.8) is 0 Å². The zero-order chi connectivity index (χ0) is 25.2. The summed E-state index contributed by atoms with van der Waals surface area (Å²) in [5.41, 5.74) is 13.4. The van der Waals surface area contributed by atoms with Crippen molar-refractivity contribution in [3.05, 3.63) is 116 Å². The topological polar surface area (TPSA) is 79.5 Å². The lowest BCUT2D eigenvalue weighted by Crippen LogP contribution is -2.04. The summed E-state index contributed by atoms with van der Waals surface area (Å²) in [6, 6.07) is 15.3. The lowest BCUT2D eigenvalue weighted by Gasteiger charge is -2.15. The molecule has 0 radical (unpaired) electrons. The van der Waals surface area contributed by atoms with Gasteiger partial charge in [0.25, 0.3) is 0 Å². The van der Waals surface area contributed by atoms with E-state index >= 15 is 0 Å². The smallest absolute Gasteiger partial charge is 0.0839 e. The molecular formula is C26H26Cl2N6S. The summed E-state index contributed by atoms with van der Waals surface area (Å²) in [5.74, 6) is 0.258. The highest BCUT2D eigenvalue weighted by atomic mass is 35.5. The Balaban J connectivity index is 0.000000497. The third-order valence-corrected chi connectivity index (χ3v) is 6.76. The van der Waals surface area contributed by atoms with Crippen LogP contribution in [0.25, 0.3) is 10.4 Å². The minimum Gasteiger partial charge on any atom is -0.335 e. The average molecular weight is 526 g/mol. The zero-order valence-electron chi connectivity index (χ0n) is 19.8. The van der Waals surface area contributed by atoms with Gasteiger partial charge < -0.3 is 4.57 Å². The molecule has 0 spiro atoms. The zero-order valence-corrected chi connectivity index (χ0v) is 22.1. The van der Waals surface area contributed by atoms with Crippen molar-refractivity contribution >= 4 is 35.0 Å². The van der Waals surface area contributed by atoms with Gasteiger partial charge in [-0.3, -0.25) is 9.97 Å². The Labute approximate surface area is 220 Å². The number of azide groups is 1. The molecule has 0 unspecified atom stereocenters. The van der Waals surface area contributed by atoms with Crippen molar-refractivity contribution in [1.29, 1.82) is 0 Å². The van der Waals surface area contributed by atoms with Crippen molar-refractivity contribution in [1.82, 2.24) is 14.5 Å². The molecule has 1 aromatic carbocycles. The Morgan fingerprint density at radius 3 is 2.14 bits per heavy atom. The van der Waals surface area contributed by atoms with Crippen LogP contribution < -0.4 is 0 Å². The number of rotatable bonds is 7. The second kappa shape index (κ2) is 13.2. The maximum atomic E-state index is 8.87. The summed E-state index contributed by atoms with van der Waals surface area (Å²) in [5, 5.41) is 6.16. The average Bonchev–Trinajstić information content (AvgIpc) is 3.10. The fraction of sp³-hybridized carbons (Fsp3) is 0.231. The minimum atomic E-state index is 0.258. The number of halogens is 2. The van der Waals surface area contributed by atoms with Crippen molar-refractivity contribution in [2.24, 2.45) is 5.11 Å². The van der Waals surface area contributed by atoms with Gasteiger partial charge >= 0.3 is 0 Å². The molecule has 0 aliphatic rings. The molecule has 0 bridgehead atoms. The highest BCUT2D eigenvalue weighted by Gasteiger charge is 2.23. The largest absolute Gasteiger partial charge is 0.335 e. The molecule has 0 atom stereocenters. The van der Waals surface area contributed by atoms with E-state index in [4.69, 9.17) is 28.7 Å². The lowest BCUT2D eigenvalue weighted by molar-refractivity contribution is 0.689. The highest BCUT2D eigenvalue weighted by molar-refractivity contribution is 7.99. The van der Waals surface area contributed by atoms with Crippen LogP contribution in [0.2, 0.25) is 10.0 Å². The van der Waals surface area contributed by atoms with Crippen LogP contribution in [0.15, 0.2) is 88.4 Å². The first-order valence-electron chi connectivity index (χ1n) is 11.0. The second-order valence-corrected chi connectivity index (χ2v) is 9.93. The second-order valence-electron chi connectivity index (χ2n) is 8.00. The predicted octanol–water partition coefficient (Wildman–Crippen LogP) is 8.71. The number of hydrogen-bond acceptors (Lipinski definition) is 4. The van der Waals surface area contributed by atoms with Crippen LogP contribution in [-0.4, -0.2) is 14.5 Å². The molecule has 0 N–H and O–H groups in total. The SMILES string of the molecule is Cc1c(CN=[N+]=[N-])c(C(C)C)c(Sc2cc(Cl)cc(Cl)c2)n1Cc1ccncc1.c1ccncc1. The van der Waals surface area contributed by atoms with Crippen molar-refractivity contribution in [3.8, 4) is 0 Å². The summed E-state index contributed by atoms with van der Waals surface area (Å²) in [7, 11) is 0. The van der Waals surface area contributed by atoms with Gasteiger partial charge in [-0.2, -0.15) is 0 Å². The fourth-order valence-electron chi connectivity index (χ4n) is 3.66. The third kappa shape index (κ3) is 7.51. The molecule has 3 aromatic heterocycles. The maximum Gasteiger partial charge on any atom is 0.0839 e. The van der Waals surface area contributed by atoms with Crippen LogP contribution in [0, 0.1) is 6.92 Å². The Morgan fingerprint density at radius 2 is 1.63 bits per heavy atom. The van der Waals surface area contributed by atoms with Crippen molar-refractivity contribution in [2.45, 2.75) is 49.7 Å². The number of pyridine rings is 2. The molecule has 9 heteroatoms. The molecule has 0 aliphatic carbocycles. The van der Waals surface area contributed by atoms with Crippen molar-refractivity contribution in [2.75, 3.05) is 0 Å². The van der Waals surface area contributed by atoms with Gasteiger partial charge in [0, 0.05) is 56.9 Å². The summed E-state index contributed by atoms with van der Waals surface area (Å²) in [6.07, 6.45) is 7.09. The van der Waals surface area contributed by atoms with E-state index in [1.54, 1.807) is 42.6 Å². The van der Waals surface area contributed by atoms with E-state index < -0.39 is 0 Å². The Hall–Kier alpha value is -2.96. The molecule has 3 heterocycles. The molecule has 0 saturated heterocycles. The number of aromatic nitrogens is 3. The molecule has 35 heavy (non-hydrogen) atoms. The summed E-state index contributed by atoms with van der Waals surface area (Å²) < 4.78 is 2.27. The van der Waals surface area contributed by atoms with Crippen molar-refractivity contribution < 1.29 is 0 Å². The molecule has 0 aliphatic heterocycles. The van der Waals surface area contributed by atoms with Gasteiger partial charge in [0.15, 0.2) is 0 Å². The van der Waals surface area contributed by atoms with E-state index in [1.807, 2.05) is 42.5 Å². The summed E-state index contributed by atoms with van der Waals surface area (Å²) >= 11 is 14.1. The van der Waals surface area contributed by atoms with Crippen LogP contribution in [0.5, 0.6) is 0 Å². The van der Waals surface area contributed by atoms with Gasteiger partial charge in [-0.15, -0.1) is 0 Å². The van der Waals surface area contributed by atoms with Gasteiger partial charge in [0.05, 0.1) is 11.6 Å². The van der Waals surface area contributed by atoms with E-state index in [-0.39, 0.29) is 5.92 Å². The first kappa shape index (κ1) is 26.6. The molecule has 6 nitrogen and oxygen atoms in total. The number of hydrogen-bond donors (Lipinski definition) is 0. The van der Waals surface area contributed by atoms with E-state index in [2.05, 4.69) is 45.3 Å². The van der Waals surface area contributed by atoms with Crippen LogP contribution in [0.3, 0.4) is 0 Å². The quantitative estimate of drug-likeness (QED) is 0.137. The summed E-state index contributed by atoms with van der Waals surface area (Å²) in [6.45, 7) is 7.40. The van der Waals surface area contributed by atoms with E-state index in [0.717, 1.165) is 26.7 Å². The van der Waals surface area contributed by atoms with Crippen LogP contribution in [0.4, 0.5) is 0 Å². The first-order chi connectivity index (χ1) is 16.9. The molecule has 0 amide bonds. The van der Waals surface area contributed by atoms with E-state index in [9.17, 15) is 0 Å². The van der Waals surface area contributed by atoms with E-state index in [1.165, 1.54) is 5.56 Å².